The lowest BCUT2D eigenvalue weighted by molar-refractivity contribution is -0.120. The molecule has 0 aliphatic rings. The average molecular weight is 416 g/mol. The predicted molar refractivity (Wildman–Crippen MR) is 117 cm³/mol. The number of nitrogens with one attached hydrogen (secondary N) is 1. The molecule has 0 saturated carbocycles. The molecule has 2 rings (SSSR count). The lowest BCUT2D eigenvalue weighted by Crippen LogP contribution is -2.25. The molecule has 7 heteroatoms. The number of carbonyl (C=O) groups is 1. The van der Waals surface area contributed by atoms with Crippen molar-refractivity contribution in [2.24, 2.45) is 0 Å². The van der Waals surface area contributed by atoms with Crippen LogP contribution in [0.2, 0.25) is 0 Å². The third kappa shape index (κ3) is 7.34. The highest BCUT2D eigenvalue weighted by Gasteiger charge is 2.09. The van der Waals surface area contributed by atoms with Gasteiger partial charge in [0.1, 0.15) is 11.6 Å². The summed E-state index contributed by atoms with van der Waals surface area (Å²) in [6.07, 6.45) is 6.21. The molecule has 0 atom stereocenters. The number of carbonyl (C=O) groups excluding carboxylic acids is 1. The quantitative estimate of drug-likeness (QED) is 0.329. The van der Waals surface area contributed by atoms with E-state index in [1.165, 1.54) is 0 Å². The zero-order valence-electron chi connectivity index (χ0n) is 16.8. The second-order valence-corrected chi connectivity index (χ2v) is 6.93. The zero-order chi connectivity index (χ0) is 21.1. The first-order chi connectivity index (χ1) is 14.1. The van der Waals surface area contributed by atoms with E-state index >= 15 is 0 Å². The van der Waals surface area contributed by atoms with Crippen molar-refractivity contribution in [3.05, 3.63) is 71.9 Å². The maximum atomic E-state index is 12.2. The number of para-hydroxylation sites is 1. The first-order valence-corrected chi connectivity index (χ1v) is 10.3. The number of halogens is 1. The van der Waals surface area contributed by atoms with E-state index in [0.29, 0.717) is 31.0 Å². The van der Waals surface area contributed by atoms with Crippen molar-refractivity contribution in [1.82, 2.24) is 15.3 Å². The van der Waals surface area contributed by atoms with Gasteiger partial charge >= 0.3 is 0 Å². The van der Waals surface area contributed by atoms with Crippen LogP contribution in [-0.4, -0.2) is 34.8 Å². The number of nitrogens with zero attached hydrogens (tertiary/aromatic N) is 2. The summed E-state index contributed by atoms with van der Waals surface area (Å²) in [6.45, 7) is 8.05. The minimum Gasteiger partial charge on any atom is -0.493 e. The van der Waals surface area contributed by atoms with Crippen LogP contribution in [0.3, 0.4) is 0 Å². The van der Waals surface area contributed by atoms with Crippen LogP contribution in [0.1, 0.15) is 24.9 Å². The molecule has 1 aromatic heterocycles. The highest BCUT2D eigenvalue weighted by Crippen LogP contribution is 2.19. The summed E-state index contributed by atoms with van der Waals surface area (Å²) in [7, 11) is 0. The fourth-order valence-corrected chi connectivity index (χ4v) is 2.85. The maximum absolute atomic E-state index is 12.2. The Balaban J connectivity index is 2.30. The van der Waals surface area contributed by atoms with Crippen molar-refractivity contribution in [3.8, 4) is 0 Å². The minimum absolute atomic E-state index is 0.0243. The topological polar surface area (TPSA) is 64.1 Å². The Hall–Kier alpha value is -2.67. The second kappa shape index (κ2) is 12.0. The average Bonchev–Trinajstić information content (AvgIpc) is 2.73. The fourth-order valence-electron chi connectivity index (χ4n) is 2.70. The number of amides is 1. The Morgan fingerprint density at radius 1 is 1.31 bits per heavy atom. The highest BCUT2D eigenvalue weighted by atomic mass is 32.2. The van der Waals surface area contributed by atoms with Crippen LogP contribution in [0.5, 0.6) is 0 Å². The van der Waals surface area contributed by atoms with Gasteiger partial charge in [-0.05, 0) is 30.7 Å². The van der Waals surface area contributed by atoms with Gasteiger partial charge in [0.05, 0.1) is 23.6 Å². The van der Waals surface area contributed by atoms with E-state index in [9.17, 15) is 8.68 Å². The molecule has 0 bridgehead atoms. The number of hydrogen-bond donors (Lipinski definition) is 1. The molecule has 0 aliphatic carbocycles. The first-order valence-electron chi connectivity index (χ1n) is 9.44. The summed E-state index contributed by atoms with van der Waals surface area (Å²) in [5, 5.41) is 3.89. The van der Waals surface area contributed by atoms with Gasteiger partial charge < -0.3 is 10.1 Å². The molecule has 0 fully saturated rings. The zero-order valence-corrected chi connectivity index (χ0v) is 17.6. The van der Waals surface area contributed by atoms with Crippen LogP contribution in [0.4, 0.5) is 3.89 Å². The number of benzene rings is 1. The third-order valence-corrected chi connectivity index (χ3v) is 4.46. The van der Waals surface area contributed by atoms with Crippen molar-refractivity contribution in [2.45, 2.75) is 26.7 Å². The summed E-state index contributed by atoms with van der Waals surface area (Å²) in [6, 6.07) is 7.86. The van der Waals surface area contributed by atoms with Gasteiger partial charge in [-0.25, -0.2) is 9.97 Å². The first kappa shape index (κ1) is 22.6. The van der Waals surface area contributed by atoms with E-state index < -0.39 is 0 Å². The molecule has 1 amide bonds. The molecule has 0 unspecified atom stereocenters. The third-order valence-electron chi connectivity index (χ3n) is 4.14. The van der Waals surface area contributed by atoms with Crippen molar-refractivity contribution in [3.63, 3.8) is 0 Å². The van der Waals surface area contributed by atoms with Gasteiger partial charge in [0.2, 0.25) is 5.91 Å². The van der Waals surface area contributed by atoms with E-state index in [2.05, 4.69) is 21.9 Å². The summed E-state index contributed by atoms with van der Waals surface area (Å²) in [5.41, 5.74) is 2.74. The Morgan fingerprint density at radius 2 is 2.10 bits per heavy atom. The van der Waals surface area contributed by atoms with Gasteiger partial charge in [-0.1, -0.05) is 37.8 Å². The molecule has 5 nitrogen and oxygen atoms in total. The molecule has 29 heavy (non-hydrogen) atoms. The molecule has 1 aromatic carbocycles. The number of rotatable bonds is 11. The normalized spacial score (nSPS) is 12.1. The van der Waals surface area contributed by atoms with Crippen molar-refractivity contribution in [2.75, 3.05) is 18.9 Å². The molecule has 154 valence electrons. The smallest absolute Gasteiger partial charge is 0.219 e. The fraction of sp³-hybridized carbons (Fsp3) is 0.318. The predicted octanol–water partition coefficient (Wildman–Crippen LogP) is 4.64. The lowest BCUT2D eigenvalue weighted by Gasteiger charge is -2.11. The van der Waals surface area contributed by atoms with Gasteiger partial charge in [0.15, 0.2) is 0 Å². The van der Waals surface area contributed by atoms with Gasteiger partial charge in [0.25, 0.3) is 0 Å². The van der Waals surface area contributed by atoms with Crippen LogP contribution in [0, 0.1) is 6.92 Å². The summed E-state index contributed by atoms with van der Waals surface area (Å²) < 4.78 is 17.7. The standard InChI is InChI=1S/C22H26FN3O2S/c1-4-18(28-12-13-29-23)11-10-17(15-24-22(27)5-2)14-21-19-8-6-7-9-20(19)25-16(3)26-21/h4,6-11H,1,5,12-15H2,2-3H3,(H,24,27)/b17-10-,18-11+. The Labute approximate surface area is 175 Å². The molecule has 1 N–H and O–H groups in total. The molecular formula is C22H26FN3O2S. The number of ether oxygens (including phenoxy) is 1. The maximum Gasteiger partial charge on any atom is 0.219 e. The van der Waals surface area contributed by atoms with E-state index in [-0.39, 0.29) is 30.4 Å². The van der Waals surface area contributed by atoms with E-state index in [1.807, 2.05) is 44.2 Å². The Morgan fingerprint density at radius 3 is 2.83 bits per heavy atom. The monoisotopic (exact) mass is 415 g/mol. The van der Waals surface area contributed by atoms with Gasteiger partial charge in [-0.3, -0.25) is 4.79 Å². The molecular weight excluding hydrogens is 389 g/mol. The molecule has 0 saturated heterocycles. The molecule has 0 spiro atoms. The van der Waals surface area contributed by atoms with Crippen molar-refractivity contribution in [1.29, 1.82) is 0 Å². The minimum atomic E-state index is -0.0243. The van der Waals surface area contributed by atoms with Crippen LogP contribution < -0.4 is 5.32 Å². The van der Waals surface area contributed by atoms with E-state index in [1.54, 1.807) is 12.2 Å². The molecule has 1 heterocycles. The van der Waals surface area contributed by atoms with E-state index in [4.69, 9.17) is 4.74 Å². The van der Waals surface area contributed by atoms with Crippen molar-refractivity contribution < 1.29 is 13.4 Å². The summed E-state index contributed by atoms with van der Waals surface area (Å²) >= 11 is 0.233. The van der Waals surface area contributed by atoms with Gasteiger partial charge in [-0.2, -0.15) is 3.89 Å². The number of hydrogen-bond acceptors (Lipinski definition) is 5. The second-order valence-electron chi connectivity index (χ2n) is 6.30. The summed E-state index contributed by atoms with van der Waals surface area (Å²) in [5.74, 6) is 1.47. The Kier molecular flexibility index (Phi) is 9.37. The molecule has 0 radical (unpaired) electrons. The van der Waals surface area contributed by atoms with Crippen LogP contribution in [-0.2, 0) is 16.0 Å². The summed E-state index contributed by atoms with van der Waals surface area (Å²) in [4.78, 5) is 20.8. The van der Waals surface area contributed by atoms with Crippen molar-refractivity contribution >= 4 is 29.0 Å². The Bertz CT molecular complexity index is 912. The van der Waals surface area contributed by atoms with Crippen LogP contribution >= 0.6 is 12.1 Å². The highest BCUT2D eigenvalue weighted by molar-refractivity contribution is 7.94. The molecule has 0 aliphatic heterocycles. The molecule has 2 aromatic rings. The number of aryl methyl sites for hydroxylation is 1. The van der Waals surface area contributed by atoms with Crippen LogP contribution in [0.15, 0.2) is 60.4 Å². The van der Waals surface area contributed by atoms with Crippen LogP contribution in [0.25, 0.3) is 10.9 Å². The number of allylic oxidation sites excluding steroid dienone is 3. The lowest BCUT2D eigenvalue weighted by atomic mass is 10.0. The SMILES string of the molecule is C=C/C(=C\C=C(/CNC(=O)CC)Cc1nc(C)nc2ccccc12)OCCSF. The van der Waals surface area contributed by atoms with E-state index in [0.717, 1.165) is 22.2 Å². The number of fused-ring (bicyclic) bond motifs is 1. The van der Waals surface area contributed by atoms with Gasteiger partial charge in [-0.15, -0.1) is 0 Å². The largest absolute Gasteiger partial charge is 0.493 e. The number of aromatic nitrogens is 2. The van der Waals surface area contributed by atoms with Gasteiger partial charge in [0, 0.05) is 36.9 Å².